The Bertz CT molecular complexity index is 1240. The molecule has 168 valence electrons. The Labute approximate surface area is 197 Å². The summed E-state index contributed by atoms with van der Waals surface area (Å²) >= 11 is 5.92. The molecule has 0 spiro atoms. The number of carbonyl (C=O) groups excluding carboxylic acids is 2. The molecule has 1 saturated heterocycles. The highest BCUT2D eigenvalue weighted by Crippen LogP contribution is 2.45. The summed E-state index contributed by atoms with van der Waals surface area (Å²) in [5.41, 5.74) is 3.26. The second kappa shape index (κ2) is 8.12. The molecule has 0 saturated carbocycles. The first-order chi connectivity index (χ1) is 15.8. The first kappa shape index (κ1) is 21.3. The zero-order valence-electron chi connectivity index (χ0n) is 18.4. The second-order valence-electron chi connectivity index (χ2n) is 8.72. The molecule has 0 unspecified atom stereocenters. The fourth-order valence-electron chi connectivity index (χ4n) is 4.56. The third-order valence-corrected chi connectivity index (χ3v) is 6.41. The Morgan fingerprint density at radius 3 is 2.76 bits per heavy atom. The van der Waals surface area contributed by atoms with Crippen LogP contribution in [0.3, 0.4) is 0 Å². The molecule has 2 aliphatic rings. The first-order valence-electron chi connectivity index (χ1n) is 10.9. The van der Waals surface area contributed by atoms with E-state index in [0.29, 0.717) is 29.2 Å². The van der Waals surface area contributed by atoms with Gasteiger partial charge in [-0.1, -0.05) is 47.5 Å². The van der Waals surface area contributed by atoms with Crippen molar-refractivity contribution < 1.29 is 14.3 Å². The SMILES string of the molecule is Cc1ccc2c(c1)[C@H]1C[C@@](C)(O2)N(c2cccc(C(=O)NCc3ccc(Cl)cc3)c2)C(=O)N1. The van der Waals surface area contributed by atoms with Crippen molar-refractivity contribution in [1.82, 2.24) is 10.6 Å². The van der Waals surface area contributed by atoms with Gasteiger partial charge in [0.25, 0.3) is 5.91 Å². The number of urea groups is 1. The van der Waals surface area contributed by atoms with Crippen LogP contribution in [0.15, 0.2) is 66.7 Å². The van der Waals surface area contributed by atoms with Crippen molar-refractivity contribution in [2.45, 2.75) is 38.6 Å². The number of halogens is 1. The number of fused-ring (bicyclic) bond motifs is 4. The third kappa shape index (κ3) is 4.02. The van der Waals surface area contributed by atoms with Crippen LogP contribution in [0.2, 0.25) is 5.02 Å². The molecule has 2 aliphatic heterocycles. The fraction of sp³-hybridized carbons (Fsp3) is 0.231. The van der Waals surface area contributed by atoms with Gasteiger partial charge in [0.15, 0.2) is 5.72 Å². The van der Waals surface area contributed by atoms with Gasteiger partial charge >= 0.3 is 6.03 Å². The van der Waals surface area contributed by atoms with E-state index in [9.17, 15) is 9.59 Å². The lowest BCUT2D eigenvalue weighted by atomic mass is 9.89. The van der Waals surface area contributed by atoms with Crippen LogP contribution in [-0.4, -0.2) is 17.7 Å². The number of amides is 3. The molecule has 0 aliphatic carbocycles. The summed E-state index contributed by atoms with van der Waals surface area (Å²) < 4.78 is 6.35. The van der Waals surface area contributed by atoms with Crippen LogP contribution in [0, 0.1) is 6.92 Å². The lowest BCUT2D eigenvalue weighted by Gasteiger charge is -2.50. The molecule has 2 bridgehead atoms. The van der Waals surface area contributed by atoms with Crippen LogP contribution in [0.1, 0.15) is 46.4 Å². The Kier molecular flexibility index (Phi) is 5.25. The van der Waals surface area contributed by atoms with Crippen LogP contribution < -0.4 is 20.3 Å². The topological polar surface area (TPSA) is 70.7 Å². The third-order valence-electron chi connectivity index (χ3n) is 6.16. The zero-order chi connectivity index (χ0) is 23.2. The van der Waals surface area contributed by atoms with Gasteiger partial charge in [0.05, 0.1) is 11.7 Å². The number of hydrogen-bond donors (Lipinski definition) is 2. The van der Waals surface area contributed by atoms with Gasteiger partial charge in [-0.2, -0.15) is 0 Å². The van der Waals surface area contributed by atoms with E-state index in [1.807, 2.05) is 44.2 Å². The number of hydrogen-bond acceptors (Lipinski definition) is 3. The van der Waals surface area contributed by atoms with Crippen molar-refractivity contribution in [3.05, 3.63) is 94.0 Å². The molecule has 2 N–H and O–H groups in total. The van der Waals surface area contributed by atoms with Crippen molar-refractivity contribution in [1.29, 1.82) is 0 Å². The van der Waals surface area contributed by atoms with Crippen molar-refractivity contribution in [2.75, 3.05) is 4.90 Å². The van der Waals surface area contributed by atoms with Gasteiger partial charge in [0, 0.05) is 29.1 Å². The molecule has 3 amide bonds. The number of ether oxygens (including phenoxy) is 1. The van der Waals surface area contributed by atoms with E-state index in [4.69, 9.17) is 16.3 Å². The largest absolute Gasteiger partial charge is 0.467 e. The number of anilines is 1. The first-order valence-corrected chi connectivity index (χ1v) is 11.2. The number of aryl methyl sites for hydroxylation is 1. The molecule has 2 heterocycles. The van der Waals surface area contributed by atoms with Gasteiger partial charge in [-0.25, -0.2) is 4.79 Å². The minimum atomic E-state index is -0.867. The number of nitrogens with zero attached hydrogens (tertiary/aromatic N) is 1. The van der Waals surface area contributed by atoms with Gasteiger partial charge in [-0.3, -0.25) is 9.69 Å². The summed E-state index contributed by atoms with van der Waals surface area (Å²) in [7, 11) is 0. The molecule has 33 heavy (non-hydrogen) atoms. The summed E-state index contributed by atoms with van der Waals surface area (Å²) in [6.07, 6.45) is 0.599. The smallest absolute Gasteiger partial charge is 0.325 e. The minimum Gasteiger partial charge on any atom is -0.467 e. The Hall–Kier alpha value is -3.51. The van der Waals surface area contributed by atoms with E-state index in [2.05, 4.69) is 16.7 Å². The molecular formula is C26H24ClN3O3. The molecular weight excluding hydrogens is 438 g/mol. The Morgan fingerprint density at radius 1 is 1.18 bits per heavy atom. The lowest BCUT2D eigenvalue weighted by Crippen LogP contribution is -2.65. The summed E-state index contributed by atoms with van der Waals surface area (Å²) in [6.45, 7) is 4.31. The quantitative estimate of drug-likeness (QED) is 0.550. The molecule has 5 rings (SSSR count). The van der Waals surface area contributed by atoms with Gasteiger partial charge in [0.1, 0.15) is 5.75 Å². The van der Waals surface area contributed by atoms with E-state index in [1.165, 1.54) is 0 Å². The van der Waals surface area contributed by atoms with E-state index in [-0.39, 0.29) is 18.0 Å². The van der Waals surface area contributed by atoms with Crippen molar-refractivity contribution in [3.8, 4) is 5.75 Å². The van der Waals surface area contributed by atoms with Crippen molar-refractivity contribution in [2.24, 2.45) is 0 Å². The van der Waals surface area contributed by atoms with Crippen LogP contribution in [0.25, 0.3) is 0 Å². The highest BCUT2D eigenvalue weighted by molar-refractivity contribution is 6.30. The van der Waals surface area contributed by atoms with Gasteiger partial charge in [0.2, 0.25) is 0 Å². The second-order valence-corrected chi connectivity index (χ2v) is 9.16. The average molecular weight is 462 g/mol. The summed E-state index contributed by atoms with van der Waals surface area (Å²) in [5, 5.41) is 6.66. The minimum absolute atomic E-state index is 0.117. The van der Waals surface area contributed by atoms with Crippen LogP contribution >= 0.6 is 11.6 Å². The maximum Gasteiger partial charge on any atom is 0.325 e. The van der Waals surface area contributed by atoms with Gasteiger partial charge in [-0.15, -0.1) is 0 Å². The zero-order valence-corrected chi connectivity index (χ0v) is 19.1. The number of carbonyl (C=O) groups is 2. The van der Waals surface area contributed by atoms with Crippen LogP contribution in [-0.2, 0) is 6.54 Å². The Balaban J connectivity index is 1.39. The predicted octanol–water partition coefficient (Wildman–Crippen LogP) is 5.35. The maximum atomic E-state index is 13.2. The van der Waals surface area contributed by atoms with Crippen molar-refractivity contribution in [3.63, 3.8) is 0 Å². The van der Waals surface area contributed by atoms with Crippen molar-refractivity contribution >= 4 is 29.2 Å². The van der Waals surface area contributed by atoms with E-state index in [1.54, 1.807) is 35.2 Å². The highest BCUT2D eigenvalue weighted by atomic mass is 35.5. The van der Waals surface area contributed by atoms with E-state index >= 15 is 0 Å². The summed E-state index contributed by atoms with van der Waals surface area (Å²) in [6, 6.07) is 20.0. The van der Waals surface area contributed by atoms with Crippen LogP contribution in [0.5, 0.6) is 5.75 Å². The molecule has 6 nitrogen and oxygen atoms in total. The molecule has 2 atom stereocenters. The normalized spacial score (nSPS) is 21.0. The summed E-state index contributed by atoms with van der Waals surface area (Å²) in [4.78, 5) is 27.6. The average Bonchev–Trinajstić information content (AvgIpc) is 2.79. The molecule has 3 aromatic carbocycles. The lowest BCUT2D eigenvalue weighted by molar-refractivity contribution is 0.0378. The number of nitrogens with one attached hydrogen (secondary N) is 2. The Morgan fingerprint density at radius 2 is 1.97 bits per heavy atom. The van der Waals surface area contributed by atoms with E-state index < -0.39 is 5.72 Å². The molecule has 0 aromatic heterocycles. The monoisotopic (exact) mass is 461 g/mol. The fourth-order valence-corrected chi connectivity index (χ4v) is 4.68. The number of rotatable bonds is 4. The molecule has 1 fully saturated rings. The highest BCUT2D eigenvalue weighted by Gasteiger charge is 2.49. The van der Waals surface area contributed by atoms with E-state index in [0.717, 1.165) is 22.4 Å². The maximum absolute atomic E-state index is 13.2. The van der Waals surface area contributed by atoms with Crippen LogP contribution in [0.4, 0.5) is 10.5 Å². The summed E-state index contributed by atoms with van der Waals surface area (Å²) in [5.74, 6) is 0.541. The number of benzene rings is 3. The van der Waals surface area contributed by atoms with Gasteiger partial charge < -0.3 is 15.4 Å². The molecule has 3 aromatic rings. The van der Waals surface area contributed by atoms with Gasteiger partial charge in [-0.05, 0) is 55.8 Å². The standard InChI is InChI=1S/C26H24ClN3O3/c1-16-6-11-23-21(12-16)22-14-26(2,33-23)30(25(32)29-22)20-5-3-4-18(13-20)24(31)28-15-17-7-9-19(27)10-8-17/h3-13,22H,14-15H2,1-2H3,(H,28,31)(H,29,32)/t22-,26-/m1/s1. The molecule has 7 heteroatoms. The molecule has 0 radical (unpaired) electrons. The predicted molar refractivity (Wildman–Crippen MR) is 128 cm³/mol.